The van der Waals surface area contributed by atoms with Gasteiger partial charge in [0.2, 0.25) is 0 Å². The molecule has 2 nitrogen and oxygen atoms in total. The number of thiazole rings is 1. The van der Waals surface area contributed by atoms with Gasteiger partial charge in [-0.25, -0.2) is 9.98 Å². The fourth-order valence-electron chi connectivity index (χ4n) is 1.95. The Labute approximate surface area is 163 Å². The SMILES string of the molecule is Cc1ccc(C(=NC(Cl)=C(Cl)Cl)Sc2nc3ccccc3s2)cc1. The molecule has 0 fully saturated rings. The van der Waals surface area contributed by atoms with Crippen molar-refractivity contribution < 1.29 is 0 Å². The monoisotopic (exact) mass is 412 g/mol. The number of aromatic nitrogens is 1. The van der Waals surface area contributed by atoms with Gasteiger partial charge in [-0.05, 0) is 30.8 Å². The summed E-state index contributed by atoms with van der Waals surface area (Å²) in [4.78, 5) is 8.99. The summed E-state index contributed by atoms with van der Waals surface area (Å²) in [6, 6.07) is 16.0. The molecule has 1 aromatic heterocycles. The number of nitrogens with zero attached hydrogens (tertiary/aromatic N) is 2. The van der Waals surface area contributed by atoms with Crippen LogP contribution in [0, 0.1) is 6.92 Å². The number of aryl methyl sites for hydroxylation is 1. The molecule has 3 aromatic rings. The summed E-state index contributed by atoms with van der Waals surface area (Å²) in [7, 11) is 0. The Morgan fingerprint density at radius 2 is 1.75 bits per heavy atom. The van der Waals surface area contributed by atoms with Crippen molar-refractivity contribution in [3.63, 3.8) is 0 Å². The third-order valence-electron chi connectivity index (χ3n) is 3.11. The van der Waals surface area contributed by atoms with Crippen LogP contribution in [0.2, 0.25) is 0 Å². The molecule has 0 saturated heterocycles. The van der Waals surface area contributed by atoms with Crippen molar-refractivity contribution >= 4 is 73.2 Å². The molecule has 0 aliphatic heterocycles. The number of hydrogen-bond acceptors (Lipinski definition) is 4. The number of thioether (sulfide) groups is 1. The quantitative estimate of drug-likeness (QED) is 0.200. The maximum Gasteiger partial charge on any atom is 0.160 e. The highest BCUT2D eigenvalue weighted by atomic mass is 35.5. The lowest BCUT2D eigenvalue weighted by molar-refractivity contribution is 1.31. The molecule has 3 rings (SSSR count). The molecule has 0 atom stereocenters. The van der Waals surface area contributed by atoms with E-state index in [2.05, 4.69) is 9.98 Å². The van der Waals surface area contributed by atoms with E-state index in [1.54, 1.807) is 11.3 Å². The number of hydrogen-bond donors (Lipinski definition) is 0. The fraction of sp³-hybridized carbons (Fsp3) is 0.0588. The molecule has 7 heteroatoms. The zero-order valence-electron chi connectivity index (χ0n) is 12.5. The first kappa shape index (κ1) is 17.8. The molecule has 2 aromatic carbocycles. The molecule has 0 aliphatic carbocycles. The van der Waals surface area contributed by atoms with E-state index in [1.165, 1.54) is 17.3 Å². The summed E-state index contributed by atoms with van der Waals surface area (Å²) in [6.45, 7) is 2.03. The van der Waals surface area contributed by atoms with Crippen LogP contribution in [0.25, 0.3) is 10.2 Å². The van der Waals surface area contributed by atoms with Crippen molar-refractivity contribution in [3.8, 4) is 0 Å². The number of halogens is 3. The lowest BCUT2D eigenvalue weighted by Crippen LogP contribution is -1.96. The zero-order chi connectivity index (χ0) is 17.1. The van der Waals surface area contributed by atoms with Crippen molar-refractivity contribution in [2.75, 3.05) is 0 Å². The Kier molecular flexibility index (Phi) is 5.85. The third-order valence-corrected chi connectivity index (χ3v) is 6.05. The van der Waals surface area contributed by atoms with E-state index in [0.717, 1.165) is 20.1 Å². The number of aliphatic imine (C=N–C) groups is 1. The van der Waals surface area contributed by atoms with Crippen LogP contribution in [-0.2, 0) is 0 Å². The highest BCUT2D eigenvalue weighted by Gasteiger charge is 2.12. The van der Waals surface area contributed by atoms with Gasteiger partial charge in [0.1, 0.15) is 9.54 Å². The number of para-hydroxylation sites is 1. The first-order valence-corrected chi connectivity index (χ1v) is 9.69. The van der Waals surface area contributed by atoms with Crippen LogP contribution in [0.3, 0.4) is 0 Å². The Morgan fingerprint density at radius 1 is 1.04 bits per heavy atom. The Balaban J connectivity index is 2.01. The lowest BCUT2D eigenvalue weighted by Gasteiger charge is -2.05. The smallest absolute Gasteiger partial charge is 0.160 e. The summed E-state index contributed by atoms with van der Waals surface area (Å²) in [5, 5.41) is 0.750. The molecule has 0 bridgehead atoms. The maximum atomic E-state index is 6.03. The van der Waals surface area contributed by atoms with Crippen molar-refractivity contribution in [2.45, 2.75) is 11.3 Å². The zero-order valence-corrected chi connectivity index (χ0v) is 16.4. The molecule has 0 aliphatic rings. The number of fused-ring (bicyclic) bond motifs is 1. The molecule has 24 heavy (non-hydrogen) atoms. The predicted octanol–water partition coefficient (Wildman–Crippen LogP) is 6.99. The van der Waals surface area contributed by atoms with Crippen LogP contribution in [0.1, 0.15) is 11.1 Å². The Hall–Kier alpha value is -1.04. The van der Waals surface area contributed by atoms with Crippen LogP contribution in [0.15, 0.2) is 67.5 Å². The van der Waals surface area contributed by atoms with Gasteiger partial charge in [-0.2, -0.15) is 0 Å². The van der Waals surface area contributed by atoms with Crippen molar-refractivity contribution in [3.05, 3.63) is 69.3 Å². The van der Waals surface area contributed by atoms with Crippen LogP contribution >= 0.6 is 57.9 Å². The molecule has 0 amide bonds. The minimum atomic E-state index is -0.0637. The summed E-state index contributed by atoms with van der Waals surface area (Å²) in [5.41, 5.74) is 3.06. The van der Waals surface area contributed by atoms with Gasteiger partial charge in [0.25, 0.3) is 0 Å². The largest absolute Gasteiger partial charge is 0.229 e. The Morgan fingerprint density at radius 3 is 2.42 bits per heavy atom. The van der Waals surface area contributed by atoms with Crippen LogP contribution in [0.5, 0.6) is 0 Å². The first-order chi connectivity index (χ1) is 11.5. The molecule has 0 spiro atoms. The maximum absolute atomic E-state index is 6.03. The summed E-state index contributed by atoms with van der Waals surface area (Å²) in [6.07, 6.45) is 0. The van der Waals surface area contributed by atoms with Crippen LogP contribution < -0.4 is 0 Å². The standard InChI is InChI=1S/C17H11Cl3N2S2/c1-10-6-8-11(9-7-10)16(22-15(20)14(18)19)24-17-21-12-4-2-3-5-13(12)23-17/h2-9H,1H3. The molecule has 1 heterocycles. The van der Waals surface area contributed by atoms with Gasteiger partial charge in [-0.15, -0.1) is 11.3 Å². The molecular formula is C17H11Cl3N2S2. The molecule has 0 saturated carbocycles. The van der Waals surface area contributed by atoms with E-state index in [4.69, 9.17) is 34.8 Å². The predicted molar refractivity (Wildman–Crippen MR) is 108 cm³/mol. The van der Waals surface area contributed by atoms with Gasteiger partial charge < -0.3 is 0 Å². The first-order valence-electron chi connectivity index (χ1n) is 6.93. The molecule has 0 unspecified atom stereocenters. The van der Waals surface area contributed by atoms with E-state index in [-0.39, 0.29) is 9.65 Å². The highest BCUT2D eigenvalue weighted by molar-refractivity contribution is 8.15. The van der Waals surface area contributed by atoms with Gasteiger partial charge in [0.15, 0.2) is 9.50 Å². The van der Waals surface area contributed by atoms with Crippen molar-refractivity contribution in [2.24, 2.45) is 4.99 Å². The molecule has 122 valence electrons. The topological polar surface area (TPSA) is 25.2 Å². The Bertz CT molecular complexity index is 893. The highest BCUT2D eigenvalue weighted by Crippen LogP contribution is 2.33. The van der Waals surface area contributed by atoms with Gasteiger partial charge in [-0.3, -0.25) is 0 Å². The molecule has 0 radical (unpaired) electrons. The third kappa shape index (κ3) is 4.32. The lowest BCUT2D eigenvalue weighted by atomic mass is 10.2. The van der Waals surface area contributed by atoms with Gasteiger partial charge >= 0.3 is 0 Å². The minimum absolute atomic E-state index is 0.0579. The molecular weight excluding hydrogens is 403 g/mol. The van der Waals surface area contributed by atoms with E-state index < -0.39 is 0 Å². The van der Waals surface area contributed by atoms with E-state index in [1.807, 2.05) is 55.5 Å². The second-order valence-electron chi connectivity index (χ2n) is 4.88. The van der Waals surface area contributed by atoms with Crippen molar-refractivity contribution in [1.29, 1.82) is 0 Å². The minimum Gasteiger partial charge on any atom is -0.229 e. The van der Waals surface area contributed by atoms with Gasteiger partial charge in [-0.1, -0.05) is 76.8 Å². The number of benzene rings is 2. The van der Waals surface area contributed by atoms with E-state index >= 15 is 0 Å². The second kappa shape index (κ2) is 7.89. The van der Waals surface area contributed by atoms with Gasteiger partial charge in [0.05, 0.1) is 10.2 Å². The van der Waals surface area contributed by atoms with E-state index in [0.29, 0.717) is 5.04 Å². The average Bonchev–Trinajstić information content (AvgIpc) is 2.97. The summed E-state index contributed by atoms with van der Waals surface area (Å²) >= 11 is 20.6. The van der Waals surface area contributed by atoms with Crippen molar-refractivity contribution in [1.82, 2.24) is 4.98 Å². The van der Waals surface area contributed by atoms with E-state index in [9.17, 15) is 0 Å². The normalized spacial score (nSPS) is 11.8. The van der Waals surface area contributed by atoms with Crippen LogP contribution in [-0.4, -0.2) is 10.0 Å². The van der Waals surface area contributed by atoms with Crippen LogP contribution in [0.4, 0.5) is 0 Å². The number of rotatable bonds is 3. The summed E-state index contributed by atoms with van der Waals surface area (Å²) in [5.74, 6) is 0. The fourth-order valence-corrected chi connectivity index (χ4v) is 4.24. The van der Waals surface area contributed by atoms with Gasteiger partial charge in [0, 0.05) is 5.56 Å². The average molecular weight is 414 g/mol. The summed E-state index contributed by atoms with van der Waals surface area (Å²) < 4.78 is 1.94. The second-order valence-corrected chi connectivity index (χ2v) is 8.46. The molecule has 0 N–H and O–H groups in total.